The van der Waals surface area contributed by atoms with Crippen molar-refractivity contribution in [2.24, 2.45) is 0 Å². The average molecular weight is 244 g/mol. The third kappa shape index (κ3) is 2.79. The molecule has 2 N–H and O–H groups in total. The van der Waals surface area contributed by atoms with Crippen LogP contribution in [0.1, 0.15) is 32.3 Å². The summed E-state index contributed by atoms with van der Waals surface area (Å²) in [6, 6.07) is 10.3. The van der Waals surface area contributed by atoms with Gasteiger partial charge in [0.25, 0.3) is 5.56 Å². The second-order valence-electron chi connectivity index (χ2n) is 4.61. The summed E-state index contributed by atoms with van der Waals surface area (Å²) in [6.45, 7) is 4.95. The van der Waals surface area contributed by atoms with Gasteiger partial charge in [-0.05, 0) is 30.4 Å². The molecule has 0 aliphatic carbocycles. The first kappa shape index (κ1) is 12.8. The molecule has 0 aliphatic heterocycles. The van der Waals surface area contributed by atoms with Crippen LogP contribution in [0.5, 0.6) is 0 Å². The standard InChI is InChI=1S/C15H20N2O/c1-3-13(4-2)16-10-12-9-11-7-5-6-8-14(11)17-15(12)18/h5-9,13,16H,3-4,10H2,1-2H3,(H,17,18). The van der Waals surface area contributed by atoms with Gasteiger partial charge in [-0.1, -0.05) is 32.0 Å². The van der Waals surface area contributed by atoms with Crippen molar-refractivity contribution >= 4 is 10.9 Å². The molecule has 0 aliphatic rings. The van der Waals surface area contributed by atoms with Gasteiger partial charge in [0, 0.05) is 23.7 Å². The molecule has 0 atom stereocenters. The number of benzene rings is 1. The van der Waals surface area contributed by atoms with Crippen molar-refractivity contribution in [1.82, 2.24) is 10.3 Å². The fourth-order valence-electron chi connectivity index (χ4n) is 2.16. The van der Waals surface area contributed by atoms with Crippen LogP contribution in [0.3, 0.4) is 0 Å². The number of hydrogen-bond donors (Lipinski definition) is 2. The van der Waals surface area contributed by atoms with Gasteiger partial charge in [-0.15, -0.1) is 0 Å². The molecule has 0 bridgehead atoms. The quantitative estimate of drug-likeness (QED) is 0.849. The van der Waals surface area contributed by atoms with E-state index in [9.17, 15) is 4.79 Å². The van der Waals surface area contributed by atoms with Crippen molar-refractivity contribution in [3.8, 4) is 0 Å². The van der Waals surface area contributed by atoms with Gasteiger partial charge in [0.1, 0.15) is 0 Å². The Hall–Kier alpha value is -1.61. The van der Waals surface area contributed by atoms with Crippen LogP contribution < -0.4 is 10.9 Å². The first-order valence-corrected chi connectivity index (χ1v) is 6.59. The third-order valence-corrected chi connectivity index (χ3v) is 3.40. The van der Waals surface area contributed by atoms with Crippen LogP contribution in [0.25, 0.3) is 10.9 Å². The number of aromatic amines is 1. The zero-order chi connectivity index (χ0) is 13.0. The topological polar surface area (TPSA) is 44.9 Å². The Morgan fingerprint density at radius 1 is 1.22 bits per heavy atom. The lowest BCUT2D eigenvalue weighted by atomic mass is 10.1. The van der Waals surface area contributed by atoms with Gasteiger partial charge >= 0.3 is 0 Å². The van der Waals surface area contributed by atoms with E-state index in [1.807, 2.05) is 30.3 Å². The zero-order valence-electron chi connectivity index (χ0n) is 11.0. The minimum absolute atomic E-state index is 0.00663. The molecular weight excluding hydrogens is 224 g/mol. The highest BCUT2D eigenvalue weighted by Gasteiger charge is 2.06. The number of rotatable bonds is 5. The lowest BCUT2D eigenvalue weighted by Crippen LogP contribution is -2.29. The molecule has 1 aromatic heterocycles. The van der Waals surface area contributed by atoms with Crippen LogP contribution in [0, 0.1) is 0 Å². The second kappa shape index (κ2) is 5.83. The highest BCUT2D eigenvalue weighted by molar-refractivity contribution is 5.78. The average Bonchev–Trinajstić information content (AvgIpc) is 2.40. The van der Waals surface area contributed by atoms with E-state index in [2.05, 4.69) is 24.1 Å². The van der Waals surface area contributed by atoms with Crippen LogP contribution in [0.4, 0.5) is 0 Å². The van der Waals surface area contributed by atoms with Gasteiger partial charge in [0.05, 0.1) is 0 Å². The molecular formula is C15H20N2O. The fraction of sp³-hybridized carbons (Fsp3) is 0.400. The largest absolute Gasteiger partial charge is 0.322 e. The van der Waals surface area contributed by atoms with Crippen LogP contribution >= 0.6 is 0 Å². The molecule has 0 saturated heterocycles. The van der Waals surface area contributed by atoms with Crippen molar-refractivity contribution in [3.05, 3.63) is 46.2 Å². The lowest BCUT2D eigenvalue weighted by Gasteiger charge is -2.14. The normalized spacial score (nSPS) is 11.3. The Bertz CT molecular complexity index is 570. The summed E-state index contributed by atoms with van der Waals surface area (Å²) in [5.41, 5.74) is 1.71. The second-order valence-corrected chi connectivity index (χ2v) is 4.61. The van der Waals surface area contributed by atoms with Crippen molar-refractivity contribution in [2.75, 3.05) is 0 Å². The predicted molar refractivity (Wildman–Crippen MR) is 75.8 cm³/mol. The summed E-state index contributed by atoms with van der Waals surface area (Å²) in [4.78, 5) is 14.8. The van der Waals surface area contributed by atoms with E-state index in [1.165, 1.54) is 0 Å². The molecule has 18 heavy (non-hydrogen) atoms. The fourth-order valence-corrected chi connectivity index (χ4v) is 2.16. The van der Waals surface area contributed by atoms with Crippen LogP contribution in [0.2, 0.25) is 0 Å². The Balaban J connectivity index is 2.23. The number of nitrogens with one attached hydrogen (secondary N) is 2. The minimum Gasteiger partial charge on any atom is -0.322 e. The number of fused-ring (bicyclic) bond motifs is 1. The van der Waals surface area contributed by atoms with Crippen LogP contribution in [-0.2, 0) is 6.54 Å². The lowest BCUT2D eigenvalue weighted by molar-refractivity contribution is 0.483. The van der Waals surface area contributed by atoms with Crippen LogP contribution in [0.15, 0.2) is 35.1 Å². The molecule has 0 fully saturated rings. The first-order chi connectivity index (χ1) is 8.74. The maximum atomic E-state index is 11.9. The van der Waals surface area contributed by atoms with E-state index < -0.39 is 0 Å². The third-order valence-electron chi connectivity index (χ3n) is 3.40. The Kier molecular flexibility index (Phi) is 4.15. The molecule has 0 spiro atoms. The highest BCUT2D eigenvalue weighted by Crippen LogP contribution is 2.10. The van der Waals surface area contributed by atoms with Crippen molar-refractivity contribution in [3.63, 3.8) is 0 Å². The highest BCUT2D eigenvalue weighted by atomic mass is 16.1. The number of aromatic nitrogens is 1. The summed E-state index contributed by atoms with van der Waals surface area (Å²) in [7, 11) is 0. The summed E-state index contributed by atoms with van der Waals surface area (Å²) in [6.07, 6.45) is 2.17. The number of para-hydroxylation sites is 1. The van der Waals surface area contributed by atoms with Crippen LogP contribution in [-0.4, -0.2) is 11.0 Å². The van der Waals surface area contributed by atoms with Gasteiger partial charge < -0.3 is 10.3 Å². The minimum atomic E-state index is 0.00663. The SMILES string of the molecule is CCC(CC)NCc1cc2ccccc2[nH]c1=O. The van der Waals surface area contributed by atoms with Crippen molar-refractivity contribution in [2.45, 2.75) is 39.3 Å². The molecule has 0 saturated carbocycles. The maximum Gasteiger partial charge on any atom is 0.252 e. The smallest absolute Gasteiger partial charge is 0.252 e. The van der Waals surface area contributed by atoms with Gasteiger partial charge in [-0.2, -0.15) is 0 Å². The number of H-pyrrole nitrogens is 1. The summed E-state index contributed by atoms with van der Waals surface area (Å²) >= 11 is 0. The Labute approximate surface area is 107 Å². The predicted octanol–water partition coefficient (Wildman–Crippen LogP) is 2.81. The monoisotopic (exact) mass is 244 g/mol. The van der Waals surface area contributed by atoms with E-state index >= 15 is 0 Å². The number of hydrogen-bond acceptors (Lipinski definition) is 2. The summed E-state index contributed by atoms with van der Waals surface area (Å²) in [5, 5.41) is 4.50. The summed E-state index contributed by atoms with van der Waals surface area (Å²) < 4.78 is 0. The Morgan fingerprint density at radius 2 is 1.94 bits per heavy atom. The van der Waals surface area contributed by atoms with Gasteiger partial charge in [-0.25, -0.2) is 0 Å². The van der Waals surface area contributed by atoms with E-state index in [0.29, 0.717) is 12.6 Å². The molecule has 3 heteroatoms. The molecule has 1 heterocycles. The zero-order valence-corrected chi connectivity index (χ0v) is 11.0. The van der Waals surface area contributed by atoms with Gasteiger partial charge in [0.15, 0.2) is 0 Å². The molecule has 0 unspecified atom stereocenters. The molecule has 3 nitrogen and oxygen atoms in total. The van der Waals surface area contributed by atoms with Gasteiger partial charge in [-0.3, -0.25) is 4.79 Å². The molecule has 0 radical (unpaired) electrons. The molecule has 1 aromatic carbocycles. The van der Waals surface area contributed by atoms with E-state index in [0.717, 1.165) is 29.3 Å². The van der Waals surface area contributed by atoms with E-state index in [-0.39, 0.29) is 5.56 Å². The first-order valence-electron chi connectivity index (χ1n) is 6.59. The van der Waals surface area contributed by atoms with Gasteiger partial charge in [0.2, 0.25) is 0 Å². The Morgan fingerprint density at radius 3 is 2.67 bits per heavy atom. The summed E-state index contributed by atoms with van der Waals surface area (Å²) in [5.74, 6) is 0. The van der Waals surface area contributed by atoms with Crippen molar-refractivity contribution < 1.29 is 0 Å². The molecule has 96 valence electrons. The molecule has 2 aromatic rings. The van der Waals surface area contributed by atoms with Crippen molar-refractivity contribution in [1.29, 1.82) is 0 Å². The molecule has 2 rings (SSSR count). The number of pyridine rings is 1. The maximum absolute atomic E-state index is 11.9. The van der Waals surface area contributed by atoms with E-state index in [1.54, 1.807) is 0 Å². The van der Waals surface area contributed by atoms with E-state index in [4.69, 9.17) is 0 Å². The molecule has 0 amide bonds.